The molecule has 9 heteroatoms. The zero-order valence-electron chi connectivity index (χ0n) is 16.5. The Hall–Kier alpha value is -2.39. The fourth-order valence-electron chi connectivity index (χ4n) is 5.30. The number of allylic oxidation sites excluding steroid dienone is 2. The smallest absolute Gasteiger partial charge is 0.404 e. The van der Waals surface area contributed by atoms with Crippen molar-refractivity contribution in [3.05, 3.63) is 22.6 Å². The molecule has 9 nitrogen and oxygen atoms in total. The second-order valence-electron chi connectivity index (χ2n) is 8.48. The molecule has 3 heterocycles. The third kappa shape index (κ3) is 2.43. The number of ether oxygens (including phenoxy) is 3. The summed E-state index contributed by atoms with van der Waals surface area (Å²) in [6.45, 7) is 2.48. The van der Waals surface area contributed by atoms with E-state index in [9.17, 15) is 14.4 Å². The topological polar surface area (TPSA) is 130 Å². The van der Waals surface area contributed by atoms with Gasteiger partial charge in [-0.15, -0.1) is 0 Å². The average Bonchev–Trinajstić information content (AvgIpc) is 3.26. The highest BCUT2D eigenvalue weighted by Crippen LogP contribution is 2.55. The van der Waals surface area contributed by atoms with E-state index < -0.39 is 17.7 Å². The van der Waals surface area contributed by atoms with E-state index in [1.165, 1.54) is 6.42 Å². The van der Waals surface area contributed by atoms with Gasteiger partial charge in [0.25, 0.3) is 0 Å². The SMILES string of the molecule is CO[C@@]12C(COC(N)=O)C3=C(C(=O)C(C)=C(OCC4CCC4)C3=O)N1CC1NC12. The van der Waals surface area contributed by atoms with E-state index in [1.54, 1.807) is 14.0 Å². The van der Waals surface area contributed by atoms with Gasteiger partial charge >= 0.3 is 6.09 Å². The molecule has 0 aromatic rings. The maximum absolute atomic E-state index is 13.5. The van der Waals surface area contributed by atoms with Crippen molar-refractivity contribution in [2.45, 2.75) is 44.0 Å². The van der Waals surface area contributed by atoms with E-state index in [0.717, 1.165) is 12.8 Å². The van der Waals surface area contributed by atoms with Crippen LogP contribution in [0.2, 0.25) is 0 Å². The van der Waals surface area contributed by atoms with Crippen molar-refractivity contribution in [2.75, 3.05) is 26.9 Å². The number of amides is 1. The number of primary amides is 1. The minimum absolute atomic E-state index is 0.0557. The molecule has 0 bridgehead atoms. The van der Waals surface area contributed by atoms with Gasteiger partial charge < -0.3 is 30.2 Å². The number of fused-ring (bicyclic) bond motifs is 4. The van der Waals surface area contributed by atoms with Gasteiger partial charge in [0.05, 0.1) is 24.3 Å². The van der Waals surface area contributed by atoms with E-state index in [-0.39, 0.29) is 36.0 Å². The Kier molecular flexibility index (Phi) is 4.05. The van der Waals surface area contributed by atoms with Gasteiger partial charge in [-0.3, -0.25) is 9.59 Å². The van der Waals surface area contributed by atoms with Crippen LogP contribution >= 0.6 is 0 Å². The summed E-state index contributed by atoms with van der Waals surface area (Å²) in [7, 11) is 1.55. The van der Waals surface area contributed by atoms with E-state index in [0.29, 0.717) is 35.9 Å². The molecule has 2 saturated heterocycles. The van der Waals surface area contributed by atoms with Crippen LogP contribution in [0.25, 0.3) is 0 Å². The lowest BCUT2D eigenvalue weighted by molar-refractivity contribution is -0.137. The largest absolute Gasteiger partial charge is 0.489 e. The number of nitrogens with two attached hydrogens (primary N) is 1. The molecule has 1 amide bonds. The van der Waals surface area contributed by atoms with E-state index in [4.69, 9.17) is 19.9 Å². The molecule has 3 unspecified atom stereocenters. The molecule has 0 aromatic heterocycles. The molecule has 4 atom stereocenters. The quantitative estimate of drug-likeness (QED) is 0.475. The normalized spacial score (nSPS) is 35.4. The Morgan fingerprint density at radius 3 is 2.66 bits per heavy atom. The molecule has 3 aliphatic heterocycles. The molecular formula is C20H25N3O6. The average molecular weight is 403 g/mol. The monoisotopic (exact) mass is 403 g/mol. The lowest BCUT2D eigenvalue weighted by atomic mass is 9.82. The molecule has 0 spiro atoms. The lowest BCUT2D eigenvalue weighted by Crippen LogP contribution is -2.55. The zero-order chi connectivity index (χ0) is 20.5. The van der Waals surface area contributed by atoms with E-state index >= 15 is 0 Å². The maximum Gasteiger partial charge on any atom is 0.404 e. The van der Waals surface area contributed by atoms with E-state index in [1.807, 2.05) is 4.90 Å². The Bertz CT molecular complexity index is 875. The van der Waals surface area contributed by atoms with Crippen LogP contribution in [0.1, 0.15) is 26.2 Å². The van der Waals surface area contributed by atoms with Gasteiger partial charge in [0.1, 0.15) is 6.61 Å². The predicted molar refractivity (Wildman–Crippen MR) is 99.2 cm³/mol. The molecular weight excluding hydrogens is 378 g/mol. The van der Waals surface area contributed by atoms with Crippen LogP contribution in [-0.2, 0) is 23.8 Å². The zero-order valence-corrected chi connectivity index (χ0v) is 16.5. The second-order valence-corrected chi connectivity index (χ2v) is 8.48. The maximum atomic E-state index is 13.5. The van der Waals surface area contributed by atoms with Crippen LogP contribution in [0, 0.1) is 11.8 Å². The van der Waals surface area contributed by atoms with Crippen molar-refractivity contribution in [1.82, 2.24) is 10.2 Å². The van der Waals surface area contributed by atoms with Crippen molar-refractivity contribution in [1.29, 1.82) is 0 Å². The summed E-state index contributed by atoms with van der Waals surface area (Å²) < 4.78 is 16.9. The Morgan fingerprint density at radius 2 is 2.03 bits per heavy atom. The van der Waals surface area contributed by atoms with Crippen LogP contribution in [0.15, 0.2) is 22.6 Å². The Balaban J connectivity index is 1.52. The molecule has 2 aliphatic carbocycles. The number of rotatable bonds is 6. The third-order valence-corrected chi connectivity index (χ3v) is 7.06. The summed E-state index contributed by atoms with van der Waals surface area (Å²) in [4.78, 5) is 39.9. The molecule has 5 aliphatic rings. The number of nitrogens with one attached hydrogen (secondary N) is 1. The summed E-state index contributed by atoms with van der Waals surface area (Å²) in [6, 6.07) is 0.114. The van der Waals surface area contributed by atoms with Gasteiger partial charge in [0.15, 0.2) is 11.5 Å². The first kappa shape index (κ1) is 18.6. The number of ketones is 2. The number of carbonyl (C=O) groups is 3. The summed E-state index contributed by atoms with van der Waals surface area (Å²) >= 11 is 0. The highest BCUT2D eigenvalue weighted by atomic mass is 16.6. The number of methoxy groups -OCH3 is 1. The summed E-state index contributed by atoms with van der Waals surface area (Å²) in [5.74, 6) is -0.648. The fourth-order valence-corrected chi connectivity index (χ4v) is 5.30. The molecule has 29 heavy (non-hydrogen) atoms. The first-order valence-corrected chi connectivity index (χ1v) is 10.1. The van der Waals surface area contributed by atoms with Crippen molar-refractivity contribution in [3.63, 3.8) is 0 Å². The summed E-state index contributed by atoms with van der Waals surface area (Å²) in [5, 5.41) is 3.33. The highest BCUT2D eigenvalue weighted by molar-refractivity contribution is 6.25. The standard InChI is InChI=1S/C20H25N3O6/c1-9-15(24)14-13(16(25)17(9)28-7-10-4-3-5-10)11(8-29-19(21)26)20(27-2)18-12(22-18)6-23(14)20/h10-12,18,22H,3-8H2,1-2H3,(H2,21,26)/t11?,12?,18?,20-/m1/s1. The van der Waals surface area contributed by atoms with Gasteiger partial charge in [0, 0.05) is 30.8 Å². The predicted octanol–water partition coefficient (Wildman–Crippen LogP) is 0.207. The number of hydrogen-bond acceptors (Lipinski definition) is 8. The third-order valence-electron chi connectivity index (χ3n) is 7.06. The first-order valence-electron chi connectivity index (χ1n) is 10.1. The molecule has 1 saturated carbocycles. The van der Waals surface area contributed by atoms with Gasteiger partial charge in [-0.2, -0.15) is 0 Å². The van der Waals surface area contributed by atoms with Gasteiger partial charge in [0.2, 0.25) is 11.6 Å². The van der Waals surface area contributed by atoms with Crippen molar-refractivity contribution in [2.24, 2.45) is 17.6 Å². The fraction of sp³-hybridized carbons (Fsp3) is 0.650. The van der Waals surface area contributed by atoms with E-state index in [2.05, 4.69) is 5.32 Å². The number of carbonyl (C=O) groups excluding carboxylic acids is 3. The van der Waals surface area contributed by atoms with Crippen molar-refractivity contribution >= 4 is 17.7 Å². The van der Waals surface area contributed by atoms with Crippen LogP contribution in [-0.4, -0.2) is 67.2 Å². The first-order chi connectivity index (χ1) is 13.9. The molecule has 156 valence electrons. The minimum atomic E-state index is -0.959. The number of piperazine rings is 1. The van der Waals surface area contributed by atoms with Crippen LogP contribution < -0.4 is 11.1 Å². The van der Waals surface area contributed by atoms with Gasteiger partial charge in [-0.25, -0.2) is 4.79 Å². The molecule has 3 N–H and O–H groups in total. The Labute approximate surface area is 168 Å². The minimum Gasteiger partial charge on any atom is -0.489 e. The molecule has 0 aromatic carbocycles. The Morgan fingerprint density at radius 1 is 1.28 bits per heavy atom. The van der Waals surface area contributed by atoms with Gasteiger partial charge in [-0.05, 0) is 25.7 Å². The lowest BCUT2D eigenvalue weighted by Gasteiger charge is -2.39. The van der Waals surface area contributed by atoms with Crippen LogP contribution in [0.5, 0.6) is 0 Å². The molecule has 5 rings (SSSR count). The van der Waals surface area contributed by atoms with Crippen LogP contribution in [0.4, 0.5) is 4.79 Å². The molecule has 0 radical (unpaired) electrons. The van der Waals surface area contributed by atoms with Crippen molar-refractivity contribution < 1.29 is 28.6 Å². The number of Topliss-reactive ketones (excluding diaryl/α,β-unsaturated/α-hetero) is 2. The number of nitrogens with zero attached hydrogens (tertiary/aromatic N) is 1. The van der Waals surface area contributed by atoms with Crippen molar-refractivity contribution in [3.8, 4) is 0 Å². The highest BCUT2D eigenvalue weighted by Gasteiger charge is 2.72. The summed E-state index contributed by atoms with van der Waals surface area (Å²) in [5.41, 5.74) is 5.20. The second kappa shape index (κ2) is 6.30. The number of hydrogen-bond donors (Lipinski definition) is 2. The summed E-state index contributed by atoms with van der Waals surface area (Å²) in [6.07, 6.45) is 2.39. The van der Waals surface area contributed by atoms with Gasteiger partial charge in [-0.1, -0.05) is 6.42 Å². The molecule has 3 fully saturated rings. The van der Waals surface area contributed by atoms with Crippen LogP contribution in [0.3, 0.4) is 0 Å².